The molecule has 2 heteroatoms. The van der Waals surface area contributed by atoms with E-state index in [9.17, 15) is 0 Å². The molecular formula is C10H21NO. The van der Waals surface area contributed by atoms with Crippen molar-refractivity contribution in [2.45, 2.75) is 45.7 Å². The van der Waals surface area contributed by atoms with E-state index < -0.39 is 0 Å². The maximum Gasteiger partial charge on any atom is 0.0506 e. The molecule has 0 aromatic rings. The van der Waals surface area contributed by atoms with E-state index in [4.69, 9.17) is 4.74 Å². The molecule has 1 aliphatic carbocycles. The summed E-state index contributed by atoms with van der Waals surface area (Å²) in [5, 5.41) is 3.58. The molecule has 2 atom stereocenters. The second-order valence-corrected chi connectivity index (χ2v) is 3.87. The Morgan fingerprint density at radius 1 is 1.42 bits per heavy atom. The fourth-order valence-corrected chi connectivity index (χ4v) is 1.23. The van der Waals surface area contributed by atoms with Crippen molar-refractivity contribution in [3.05, 3.63) is 0 Å². The van der Waals surface area contributed by atoms with Crippen LogP contribution in [0.1, 0.15) is 33.6 Å². The molecule has 0 heterocycles. The lowest BCUT2D eigenvalue weighted by Crippen LogP contribution is -2.35. The SMILES string of the molecule is CCOCC(C)C(C)NC1CC1. The molecule has 1 saturated carbocycles. The summed E-state index contributed by atoms with van der Waals surface area (Å²) in [5.74, 6) is 0.630. The van der Waals surface area contributed by atoms with Gasteiger partial charge in [0.05, 0.1) is 6.61 Å². The van der Waals surface area contributed by atoms with Crippen LogP contribution >= 0.6 is 0 Å². The van der Waals surface area contributed by atoms with E-state index in [1.54, 1.807) is 0 Å². The molecule has 1 rings (SSSR count). The molecule has 0 aromatic carbocycles. The fraction of sp³-hybridized carbons (Fsp3) is 1.00. The van der Waals surface area contributed by atoms with Gasteiger partial charge in [0.2, 0.25) is 0 Å². The highest BCUT2D eigenvalue weighted by Crippen LogP contribution is 2.20. The molecule has 0 spiro atoms. The highest BCUT2D eigenvalue weighted by atomic mass is 16.5. The number of ether oxygens (including phenoxy) is 1. The number of hydrogen-bond donors (Lipinski definition) is 1. The molecule has 1 aliphatic rings. The Morgan fingerprint density at radius 3 is 2.58 bits per heavy atom. The van der Waals surface area contributed by atoms with E-state index >= 15 is 0 Å². The monoisotopic (exact) mass is 171 g/mol. The van der Waals surface area contributed by atoms with Crippen molar-refractivity contribution in [1.29, 1.82) is 0 Å². The van der Waals surface area contributed by atoms with Gasteiger partial charge in [-0.1, -0.05) is 6.92 Å². The van der Waals surface area contributed by atoms with Crippen LogP contribution in [0, 0.1) is 5.92 Å². The van der Waals surface area contributed by atoms with Gasteiger partial charge >= 0.3 is 0 Å². The first-order valence-electron chi connectivity index (χ1n) is 5.07. The van der Waals surface area contributed by atoms with Gasteiger partial charge in [0.25, 0.3) is 0 Å². The Bertz CT molecular complexity index is 123. The summed E-state index contributed by atoms with van der Waals surface area (Å²) in [5.41, 5.74) is 0. The van der Waals surface area contributed by atoms with Crippen LogP contribution in [0.3, 0.4) is 0 Å². The van der Waals surface area contributed by atoms with Crippen molar-refractivity contribution < 1.29 is 4.74 Å². The zero-order valence-corrected chi connectivity index (χ0v) is 8.47. The Balaban J connectivity index is 2.06. The highest BCUT2D eigenvalue weighted by Gasteiger charge is 2.24. The average molecular weight is 171 g/mol. The molecule has 1 N–H and O–H groups in total. The summed E-state index contributed by atoms with van der Waals surface area (Å²) in [6, 6.07) is 1.41. The van der Waals surface area contributed by atoms with Crippen LogP contribution in [0.4, 0.5) is 0 Å². The maximum atomic E-state index is 5.38. The predicted octanol–water partition coefficient (Wildman–Crippen LogP) is 1.80. The largest absolute Gasteiger partial charge is 0.381 e. The first-order chi connectivity index (χ1) is 5.74. The minimum absolute atomic E-state index is 0.601. The minimum Gasteiger partial charge on any atom is -0.381 e. The molecule has 0 aliphatic heterocycles. The number of rotatable bonds is 6. The van der Waals surface area contributed by atoms with Crippen molar-refractivity contribution in [2.24, 2.45) is 5.92 Å². The van der Waals surface area contributed by atoms with Gasteiger partial charge in [-0.05, 0) is 32.6 Å². The Hall–Kier alpha value is -0.0800. The first-order valence-corrected chi connectivity index (χ1v) is 5.07. The summed E-state index contributed by atoms with van der Waals surface area (Å²) in [7, 11) is 0. The van der Waals surface area contributed by atoms with E-state index in [2.05, 4.69) is 19.2 Å². The van der Waals surface area contributed by atoms with E-state index in [0.717, 1.165) is 19.3 Å². The zero-order chi connectivity index (χ0) is 8.97. The Morgan fingerprint density at radius 2 is 2.08 bits per heavy atom. The van der Waals surface area contributed by atoms with Crippen LogP contribution < -0.4 is 5.32 Å². The highest BCUT2D eigenvalue weighted by molar-refractivity contribution is 4.84. The van der Waals surface area contributed by atoms with E-state index in [-0.39, 0.29) is 0 Å². The van der Waals surface area contributed by atoms with Crippen molar-refractivity contribution in [1.82, 2.24) is 5.32 Å². The third-order valence-electron chi connectivity index (χ3n) is 2.51. The Labute approximate surface area is 75.7 Å². The predicted molar refractivity (Wildman–Crippen MR) is 51.3 cm³/mol. The van der Waals surface area contributed by atoms with Gasteiger partial charge < -0.3 is 10.1 Å². The molecule has 72 valence electrons. The van der Waals surface area contributed by atoms with E-state index in [1.807, 2.05) is 6.92 Å². The minimum atomic E-state index is 0.601. The molecule has 0 saturated heterocycles. The molecular weight excluding hydrogens is 150 g/mol. The molecule has 12 heavy (non-hydrogen) atoms. The fourth-order valence-electron chi connectivity index (χ4n) is 1.23. The quantitative estimate of drug-likeness (QED) is 0.658. The second-order valence-electron chi connectivity index (χ2n) is 3.87. The zero-order valence-electron chi connectivity index (χ0n) is 8.47. The van der Waals surface area contributed by atoms with Crippen LogP contribution in [-0.4, -0.2) is 25.3 Å². The van der Waals surface area contributed by atoms with E-state index in [0.29, 0.717) is 12.0 Å². The van der Waals surface area contributed by atoms with Crippen molar-refractivity contribution in [3.63, 3.8) is 0 Å². The van der Waals surface area contributed by atoms with Gasteiger partial charge in [0, 0.05) is 18.7 Å². The lowest BCUT2D eigenvalue weighted by atomic mass is 10.1. The second kappa shape index (κ2) is 4.83. The Kier molecular flexibility index (Phi) is 4.02. The van der Waals surface area contributed by atoms with Crippen molar-refractivity contribution >= 4 is 0 Å². The standard InChI is InChI=1S/C10H21NO/c1-4-12-7-8(2)9(3)11-10-5-6-10/h8-11H,4-7H2,1-3H3. The van der Waals surface area contributed by atoms with Gasteiger partial charge in [-0.15, -0.1) is 0 Å². The van der Waals surface area contributed by atoms with Crippen LogP contribution in [0.2, 0.25) is 0 Å². The van der Waals surface area contributed by atoms with Gasteiger partial charge in [0.1, 0.15) is 0 Å². The van der Waals surface area contributed by atoms with Crippen LogP contribution in [-0.2, 0) is 4.74 Å². The van der Waals surface area contributed by atoms with Crippen LogP contribution in [0.15, 0.2) is 0 Å². The number of hydrogen-bond acceptors (Lipinski definition) is 2. The van der Waals surface area contributed by atoms with Gasteiger partial charge in [-0.25, -0.2) is 0 Å². The van der Waals surface area contributed by atoms with E-state index in [1.165, 1.54) is 12.8 Å². The molecule has 2 nitrogen and oxygen atoms in total. The first kappa shape index (κ1) is 10.0. The molecule has 1 fully saturated rings. The molecule has 0 amide bonds. The summed E-state index contributed by atoms with van der Waals surface area (Å²) < 4.78 is 5.38. The lowest BCUT2D eigenvalue weighted by Gasteiger charge is -2.20. The summed E-state index contributed by atoms with van der Waals surface area (Å²) in [6.07, 6.45) is 2.73. The molecule has 2 unspecified atom stereocenters. The van der Waals surface area contributed by atoms with Crippen molar-refractivity contribution in [3.8, 4) is 0 Å². The van der Waals surface area contributed by atoms with Gasteiger partial charge in [0.15, 0.2) is 0 Å². The van der Waals surface area contributed by atoms with Crippen molar-refractivity contribution in [2.75, 3.05) is 13.2 Å². The third kappa shape index (κ3) is 3.55. The topological polar surface area (TPSA) is 21.3 Å². The van der Waals surface area contributed by atoms with Crippen LogP contribution in [0.5, 0.6) is 0 Å². The molecule has 0 radical (unpaired) electrons. The van der Waals surface area contributed by atoms with Gasteiger partial charge in [-0.2, -0.15) is 0 Å². The van der Waals surface area contributed by atoms with Gasteiger partial charge in [-0.3, -0.25) is 0 Å². The molecule has 0 bridgehead atoms. The smallest absolute Gasteiger partial charge is 0.0506 e. The summed E-state index contributed by atoms with van der Waals surface area (Å²) in [6.45, 7) is 8.27. The van der Waals surface area contributed by atoms with Crippen LogP contribution in [0.25, 0.3) is 0 Å². The number of nitrogens with one attached hydrogen (secondary N) is 1. The summed E-state index contributed by atoms with van der Waals surface area (Å²) in [4.78, 5) is 0. The maximum absolute atomic E-state index is 5.38. The average Bonchev–Trinajstić information content (AvgIpc) is 2.83. The lowest BCUT2D eigenvalue weighted by molar-refractivity contribution is 0.103. The third-order valence-corrected chi connectivity index (χ3v) is 2.51. The molecule has 0 aromatic heterocycles. The summed E-state index contributed by atoms with van der Waals surface area (Å²) >= 11 is 0. The normalized spacial score (nSPS) is 22.2.